The quantitative estimate of drug-likeness (QED) is 0.704. The number of nitrogens with one attached hydrogen (secondary N) is 1. The van der Waals surface area contributed by atoms with Crippen molar-refractivity contribution in [2.75, 3.05) is 13.1 Å². The minimum absolute atomic E-state index is 0.0164. The molecule has 1 amide bonds. The minimum atomic E-state index is -3.69. The number of hydrogen-bond acceptors (Lipinski definition) is 3. The molecule has 0 saturated carbocycles. The Morgan fingerprint density at radius 3 is 2.59 bits per heavy atom. The van der Waals surface area contributed by atoms with Crippen molar-refractivity contribution in [3.8, 4) is 0 Å². The Kier molecular flexibility index (Phi) is 6.87. The van der Waals surface area contributed by atoms with Crippen LogP contribution in [0, 0.1) is 12.7 Å². The molecule has 5 nitrogen and oxygen atoms in total. The van der Waals surface area contributed by atoms with E-state index in [1.807, 2.05) is 0 Å². The molecule has 0 atom stereocenters. The fourth-order valence-electron chi connectivity index (χ4n) is 2.65. The molecule has 0 bridgehead atoms. The molecule has 0 aliphatic heterocycles. The Balaban J connectivity index is 2.40. The van der Waals surface area contributed by atoms with Crippen LogP contribution >= 0.6 is 0 Å². The summed E-state index contributed by atoms with van der Waals surface area (Å²) in [4.78, 5) is 14.5. The Morgan fingerprint density at radius 2 is 1.96 bits per heavy atom. The van der Waals surface area contributed by atoms with E-state index in [0.29, 0.717) is 11.1 Å². The second kappa shape index (κ2) is 8.92. The summed E-state index contributed by atoms with van der Waals surface area (Å²) < 4.78 is 40.9. The molecule has 0 fully saturated rings. The van der Waals surface area contributed by atoms with Gasteiger partial charge < -0.3 is 4.90 Å². The fraction of sp³-hybridized carbons (Fsp3) is 0.250. The zero-order valence-electron chi connectivity index (χ0n) is 15.4. The molecule has 7 heteroatoms. The maximum Gasteiger partial charge on any atom is 0.254 e. The number of benzene rings is 2. The van der Waals surface area contributed by atoms with E-state index in [-0.39, 0.29) is 36.0 Å². The van der Waals surface area contributed by atoms with Crippen molar-refractivity contribution in [1.29, 1.82) is 0 Å². The largest absolute Gasteiger partial charge is 0.330 e. The Morgan fingerprint density at radius 1 is 1.26 bits per heavy atom. The van der Waals surface area contributed by atoms with Crippen LogP contribution in [0.5, 0.6) is 0 Å². The predicted octanol–water partition coefficient (Wildman–Crippen LogP) is 3.26. The Hall–Kier alpha value is -2.51. The first-order chi connectivity index (χ1) is 12.8. The molecule has 1 N–H and O–H groups in total. The normalized spacial score (nSPS) is 11.2. The highest BCUT2D eigenvalue weighted by atomic mass is 32.2. The third-order valence-corrected chi connectivity index (χ3v) is 5.58. The van der Waals surface area contributed by atoms with Gasteiger partial charge in [0.15, 0.2) is 0 Å². The zero-order chi connectivity index (χ0) is 20.0. The molecule has 144 valence electrons. The van der Waals surface area contributed by atoms with Gasteiger partial charge in [-0.2, -0.15) is 0 Å². The smallest absolute Gasteiger partial charge is 0.254 e. The summed E-state index contributed by atoms with van der Waals surface area (Å²) in [7, 11) is -3.69. The summed E-state index contributed by atoms with van der Waals surface area (Å²) in [6.45, 7) is 7.56. The Labute approximate surface area is 159 Å². The molecule has 0 spiro atoms. The van der Waals surface area contributed by atoms with Crippen LogP contribution in [0.2, 0.25) is 0 Å². The molecule has 2 aromatic rings. The van der Waals surface area contributed by atoms with Crippen LogP contribution in [0.15, 0.2) is 60.0 Å². The van der Waals surface area contributed by atoms with E-state index in [4.69, 9.17) is 0 Å². The number of sulfonamides is 1. The van der Waals surface area contributed by atoms with Crippen LogP contribution in [0.1, 0.15) is 28.4 Å². The van der Waals surface area contributed by atoms with Gasteiger partial charge in [-0.15, -0.1) is 6.58 Å². The number of aryl methyl sites for hydroxylation is 1. The molecule has 0 aromatic heterocycles. The van der Waals surface area contributed by atoms with Crippen LogP contribution in [-0.4, -0.2) is 32.3 Å². The molecule has 2 rings (SSSR count). The number of nitrogens with zero attached hydrogens (tertiary/aromatic N) is 1. The highest BCUT2D eigenvalue weighted by molar-refractivity contribution is 7.89. The molecule has 2 aromatic carbocycles. The maximum atomic E-state index is 14.0. The van der Waals surface area contributed by atoms with Gasteiger partial charge in [-0.05, 0) is 30.7 Å². The van der Waals surface area contributed by atoms with E-state index >= 15 is 0 Å². The van der Waals surface area contributed by atoms with Crippen LogP contribution in [0.3, 0.4) is 0 Å². The Bertz CT molecular complexity index is 942. The van der Waals surface area contributed by atoms with Gasteiger partial charge in [0.1, 0.15) is 5.82 Å². The van der Waals surface area contributed by atoms with Crippen LogP contribution in [0.4, 0.5) is 4.39 Å². The summed E-state index contributed by atoms with van der Waals surface area (Å²) in [5, 5.41) is 0. The van der Waals surface area contributed by atoms with Crippen molar-refractivity contribution in [1.82, 2.24) is 9.62 Å². The number of rotatable bonds is 8. The summed E-state index contributed by atoms with van der Waals surface area (Å²) in [5.74, 6) is -0.788. The number of carbonyl (C=O) groups is 1. The first-order valence-electron chi connectivity index (χ1n) is 8.54. The first-order valence-corrected chi connectivity index (χ1v) is 10.0. The molecule has 27 heavy (non-hydrogen) atoms. The summed E-state index contributed by atoms with van der Waals surface area (Å²) in [6.07, 6.45) is 1.55. The van der Waals surface area contributed by atoms with Gasteiger partial charge in [0.25, 0.3) is 5.91 Å². The van der Waals surface area contributed by atoms with Crippen LogP contribution in [0.25, 0.3) is 0 Å². The molecule has 0 saturated heterocycles. The average Bonchev–Trinajstić information content (AvgIpc) is 2.62. The van der Waals surface area contributed by atoms with Crippen molar-refractivity contribution >= 4 is 15.9 Å². The first kappa shape index (κ1) is 20.8. The van der Waals surface area contributed by atoms with Gasteiger partial charge in [-0.25, -0.2) is 17.5 Å². The van der Waals surface area contributed by atoms with E-state index < -0.39 is 15.8 Å². The zero-order valence-corrected chi connectivity index (χ0v) is 16.2. The van der Waals surface area contributed by atoms with Crippen molar-refractivity contribution in [3.05, 3.63) is 77.6 Å². The van der Waals surface area contributed by atoms with E-state index in [1.54, 1.807) is 44.2 Å². The molecule has 0 radical (unpaired) electrons. The van der Waals surface area contributed by atoms with E-state index in [0.717, 1.165) is 0 Å². The minimum Gasteiger partial charge on any atom is -0.330 e. The lowest BCUT2D eigenvalue weighted by atomic mass is 10.1. The van der Waals surface area contributed by atoms with Gasteiger partial charge in [-0.1, -0.05) is 37.3 Å². The lowest BCUT2D eigenvalue weighted by Crippen LogP contribution is -2.32. The molecular weight excluding hydrogens is 367 g/mol. The molecule has 0 aliphatic carbocycles. The highest BCUT2D eigenvalue weighted by Crippen LogP contribution is 2.19. The molecule has 0 unspecified atom stereocenters. The standard InChI is InChI=1S/C20H23FN2O3S/c1-4-12-23(14-16-8-6-7-9-19(16)21)20(24)18-13-17(11-10-15(18)3)27(25,26)22-5-2/h4,6-11,13,22H,1,5,12,14H2,2-3H3. The van der Waals surface area contributed by atoms with E-state index in [2.05, 4.69) is 11.3 Å². The third kappa shape index (κ3) is 5.02. The summed E-state index contributed by atoms with van der Waals surface area (Å²) in [5.41, 5.74) is 1.27. The number of amides is 1. The van der Waals surface area contributed by atoms with Crippen LogP contribution in [-0.2, 0) is 16.6 Å². The van der Waals surface area contributed by atoms with Gasteiger partial charge in [-0.3, -0.25) is 4.79 Å². The highest BCUT2D eigenvalue weighted by Gasteiger charge is 2.21. The lowest BCUT2D eigenvalue weighted by Gasteiger charge is -2.23. The number of hydrogen-bond donors (Lipinski definition) is 1. The second-order valence-electron chi connectivity index (χ2n) is 6.04. The molecular formula is C20H23FN2O3S. The van der Waals surface area contributed by atoms with Crippen LogP contribution < -0.4 is 4.72 Å². The van der Waals surface area contributed by atoms with Gasteiger partial charge >= 0.3 is 0 Å². The van der Waals surface area contributed by atoms with Crippen molar-refractivity contribution in [3.63, 3.8) is 0 Å². The third-order valence-electron chi connectivity index (χ3n) is 4.04. The summed E-state index contributed by atoms with van der Waals surface area (Å²) >= 11 is 0. The summed E-state index contributed by atoms with van der Waals surface area (Å²) in [6, 6.07) is 10.6. The van der Waals surface area contributed by atoms with E-state index in [9.17, 15) is 17.6 Å². The van der Waals surface area contributed by atoms with Gasteiger partial charge in [0, 0.05) is 30.8 Å². The maximum absolute atomic E-state index is 14.0. The SMILES string of the molecule is C=CCN(Cc1ccccc1F)C(=O)c1cc(S(=O)(=O)NCC)ccc1C. The predicted molar refractivity (Wildman–Crippen MR) is 103 cm³/mol. The van der Waals surface area contributed by atoms with E-state index in [1.165, 1.54) is 23.1 Å². The van der Waals surface area contributed by atoms with Crippen molar-refractivity contribution < 1.29 is 17.6 Å². The fourth-order valence-corrected chi connectivity index (χ4v) is 3.72. The molecule has 0 heterocycles. The lowest BCUT2D eigenvalue weighted by molar-refractivity contribution is 0.0760. The number of halogens is 1. The second-order valence-corrected chi connectivity index (χ2v) is 7.81. The van der Waals surface area contributed by atoms with Gasteiger partial charge in [0.2, 0.25) is 10.0 Å². The topological polar surface area (TPSA) is 66.5 Å². The van der Waals surface area contributed by atoms with Gasteiger partial charge in [0.05, 0.1) is 4.90 Å². The monoisotopic (exact) mass is 390 g/mol. The average molecular weight is 390 g/mol. The molecule has 0 aliphatic rings. The van der Waals surface area contributed by atoms with Crippen molar-refractivity contribution in [2.45, 2.75) is 25.3 Å². The number of carbonyl (C=O) groups excluding carboxylic acids is 1. The van der Waals surface area contributed by atoms with Crippen molar-refractivity contribution in [2.24, 2.45) is 0 Å².